The molecule has 0 atom stereocenters. The average molecular weight is 363 g/mol. The van der Waals surface area contributed by atoms with Crippen LogP contribution in [0.25, 0.3) is 0 Å². The summed E-state index contributed by atoms with van der Waals surface area (Å²) < 4.78 is 0. The number of hydrogen-bond acceptors (Lipinski definition) is 5. The first-order valence-corrected chi connectivity index (χ1v) is 9.91. The lowest BCUT2D eigenvalue weighted by Crippen LogP contribution is -2.10. The molecule has 0 unspecified atom stereocenters. The minimum Gasteiger partial charge on any atom is -0.303 e. The zero-order chi connectivity index (χ0) is 18.9. The third-order valence-electron chi connectivity index (χ3n) is 4.31. The molecule has 5 heteroatoms. The normalized spacial score (nSPS) is 10.5. The Morgan fingerprint density at radius 3 is 2.50 bits per heavy atom. The van der Waals surface area contributed by atoms with Crippen molar-refractivity contribution in [3.8, 4) is 0 Å². The van der Waals surface area contributed by atoms with E-state index < -0.39 is 5.97 Å². The van der Waals surface area contributed by atoms with Gasteiger partial charge in [-0.05, 0) is 37.3 Å². The van der Waals surface area contributed by atoms with Crippen LogP contribution < -0.4 is 5.48 Å². The molecule has 1 aromatic carbocycles. The Morgan fingerprint density at radius 1 is 1.00 bits per heavy atom. The molecule has 26 heavy (non-hydrogen) atoms. The number of nitrogens with one attached hydrogen (secondary N) is 1. The number of aldehydes is 1. The fraction of sp³-hybridized carbons (Fsp3) is 0.619. The van der Waals surface area contributed by atoms with E-state index >= 15 is 0 Å². The lowest BCUT2D eigenvalue weighted by Gasteiger charge is -2.10. The maximum atomic E-state index is 11.5. The Hall–Kier alpha value is -1.88. The summed E-state index contributed by atoms with van der Waals surface area (Å²) in [5.41, 5.74) is 4.70. The Kier molecular flexibility index (Phi) is 13.1. The molecule has 0 amide bonds. The van der Waals surface area contributed by atoms with Crippen molar-refractivity contribution in [3.05, 3.63) is 29.8 Å². The Bertz CT molecular complexity index is 505. The molecule has 1 aromatic rings. The highest BCUT2D eigenvalue weighted by atomic mass is 17.3. The second kappa shape index (κ2) is 15.4. The van der Waals surface area contributed by atoms with Crippen molar-refractivity contribution < 1.29 is 19.5 Å². The molecule has 0 saturated heterocycles. The van der Waals surface area contributed by atoms with E-state index in [1.165, 1.54) is 38.5 Å². The molecule has 0 aliphatic heterocycles. The van der Waals surface area contributed by atoms with E-state index in [0.717, 1.165) is 30.4 Å². The number of benzene rings is 1. The molecule has 5 nitrogen and oxygen atoms in total. The fourth-order valence-corrected chi connectivity index (χ4v) is 2.76. The van der Waals surface area contributed by atoms with E-state index in [-0.39, 0.29) is 6.42 Å². The molecule has 0 aliphatic carbocycles. The lowest BCUT2D eigenvalue weighted by atomic mass is 10.0. The largest absolute Gasteiger partial charge is 0.345 e. The van der Waals surface area contributed by atoms with Crippen LogP contribution in [0.2, 0.25) is 0 Å². The zero-order valence-electron chi connectivity index (χ0n) is 16.0. The van der Waals surface area contributed by atoms with Gasteiger partial charge in [-0.25, -0.2) is 10.3 Å². The average Bonchev–Trinajstić information content (AvgIpc) is 2.65. The number of carbonyl (C=O) groups is 2. The third-order valence-corrected chi connectivity index (χ3v) is 4.31. The number of hydrogen-bond donors (Lipinski definition) is 1. The van der Waals surface area contributed by atoms with Crippen molar-refractivity contribution in [2.75, 3.05) is 5.48 Å². The Morgan fingerprint density at radius 2 is 1.73 bits per heavy atom. The van der Waals surface area contributed by atoms with Crippen molar-refractivity contribution in [2.45, 2.75) is 84.0 Å². The Labute approximate surface area is 157 Å². The summed E-state index contributed by atoms with van der Waals surface area (Å²) in [5.74, 6) is -0.437. The highest BCUT2D eigenvalue weighted by Crippen LogP contribution is 2.19. The molecule has 1 rings (SSSR count). The SMILES string of the molecule is CCCCCCCCCc1ccccc1NOOC(=O)CCCCC=O. The summed E-state index contributed by atoms with van der Waals surface area (Å²) in [7, 11) is 0. The van der Waals surface area contributed by atoms with E-state index in [9.17, 15) is 9.59 Å². The van der Waals surface area contributed by atoms with Crippen LogP contribution in [0.3, 0.4) is 0 Å². The smallest absolute Gasteiger partial charge is 0.303 e. The highest BCUT2D eigenvalue weighted by molar-refractivity contribution is 5.68. The molecule has 146 valence electrons. The van der Waals surface area contributed by atoms with Gasteiger partial charge < -0.3 is 4.79 Å². The summed E-state index contributed by atoms with van der Waals surface area (Å²) in [4.78, 5) is 31.3. The van der Waals surface area contributed by atoms with Crippen LogP contribution in [-0.4, -0.2) is 12.3 Å². The zero-order valence-corrected chi connectivity index (χ0v) is 16.0. The summed E-state index contributed by atoms with van der Waals surface area (Å²) >= 11 is 0. The molecule has 0 fully saturated rings. The predicted molar refractivity (Wildman–Crippen MR) is 103 cm³/mol. The number of carbonyl (C=O) groups excluding carboxylic acids is 2. The summed E-state index contributed by atoms with van der Waals surface area (Å²) in [6.45, 7) is 2.23. The van der Waals surface area contributed by atoms with Crippen LogP contribution in [0.1, 0.15) is 83.1 Å². The predicted octanol–water partition coefficient (Wildman–Crippen LogP) is 5.54. The molecular formula is C21H33NO4. The molecule has 0 aromatic heterocycles. The second-order valence-corrected chi connectivity index (χ2v) is 6.58. The summed E-state index contributed by atoms with van der Waals surface area (Å²) in [5, 5.41) is 0. The maximum absolute atomic E-state index is 11.5. The number of rotatable bonds is 16. The van der Waals surface area contributed by atoms with Crippen LogP contribution in [0, 0.1) is 0 Å². The van der Waals surface area contributed by atoms with Gasteiger partial charge in [-0.2, -0.15) is 0 Å². The van der Waals surface area contributed by atoms with Gasteiger partial charge in [-0.3, -0.25) is 4.89 Å². The van der Waals surface area contributed by atoms with Crippen LogP contribution in [0.15, 0.2) is 24.3 Å². The van der Waals surface area contributed by atoms with Crippen LogP contribution in [0.4, 0.5) is 5.69 Å². The van der Waals surface area contributed by atoms with Crippen molar-refractivity contribution in [3.63, 3.8) is 0 Å². The van der Waals surface area contributed by atoms with E-state index in [1.54, 1.807) is 0 Å². The molecule has 0 spiro atoms. The van der Waals surface area contributed by atoms with Crippen molar-refractivity contribution in [2.24, 2.45) is 0 Å². The van der Waals surface area contributed by atoms with E-state index in [0.29, 0.717) is 19.3 Å². The second-order valence-electron chi connectivity index (χ2n) is 6.58. The van der Waals surface area contributed by atoms with Gasteiger partial charge in [-0.15, -0.1) is 0 Å². The minimum atomic E-state index is -0.437. The summed E-state index contributed by atoms with van der Waals surface area (Å²) in [6, 6.07) is 7.89. The van der Waals surface area contributed by atoms with Gasteiger partial charge in [0.2, 0.25) is 0 Å². The van der Waals surface area contributed by atoms with Gasteiger partial charge in [-0.1, -0.05) is 68.6 Å². The summed E-state index contributed by atoms with van der Waals surface area (Å²) in [6.07, 6.45) is 12.8. The number of anilines is 1. The monoisotopic (exact) mass is 363 g/mol. The standard InChI is InChI=1S/C21H33NO4/c1-2-3-4-5-6-7-9-14-19-15-11-12-16-20(19)22-26-25-21(24)17-10-8-13-18-23/h11-12,15-16,18,22H,2-10,13-14,17H2,1H3. The quantitative estimate of drug-likeness (QED) is 0.181. The van der Waals surface area contributed by atoms with Gasteiger partial charge >= 0.3 is 5.97 Å². The first-order valence-electron chi connectivity index (χ1n) is 9.91. The van der Waals surface area contributed by atoms with Gasteiger partial charge in [0.15, 0.2) is 0 Å². The highest BCUT2D eigenvalue weighted by Gasteiger charge is 2.06. The molecule has 0 radical (unpaired) electrons. The number of para-hydroxylation sites is 1. The number of aryl methyl sites for hydroxylation is 1. The van der Waals surface area contributed by atoms with E-state index in [1.807, 2.05) is 18.2 Å². The maximum Gasteiger partial charge on any atom is 0.345 e. The molecule has 1 N–H and O–H groups in total. The topological polar surface area (TPSA) is 64.6 Å². The Balaban J connectivity index is 2.22. The van der Waals surface area contributed by atoms with Crippen molar-refractivity contribution >= 4 is 17.9 Å². The van der Waals surface area contributed by atoms with Gasteiger partial charge in [0.1, 0.15) is 6.29 Å². The fourth-order valence-electron chi connectivity index (χ4n) is 2.76. The number of unbranched alkanes of at least 4 members (excludes halogenated alkanes) is 8. The van der Waals surface area contributed by atoms with Gasteiger partial charge in [0.05, 0.1) is 5.69 Å². The lowest BCUT2D eigenvalue weighted by molar-refractivity contribution is -0.255. The molecular weight excluding hydrogens is 330 g/mol. The molecule has 0 bridgehead atoms. The van der Waals surface area contributed by atoms with Crippen molar-refractivity contribution in [1.82, 2.24) is 0 Å². The van der Waals surface area contributed by atoms with Crippen molar-refractivity contribution in [1.29, 1.82) is 0 Å². The molecule has 0 aliphatic rings. The van der Waals surface area contributed by atoms with Crippen LogP contribution in [-0.2, 0) is 25.9 Å². The van der Waals surface area contributed by atoms with Crippen LogP contribution in [0.5, 0.6) is 0 Å². The third kappa shape index (κ3) is 10.9. The van der Waals surface area contributed by atoms with Gasteiger partial charge in [0.25, 0.3) is 0 Å². The van der Waals surface area contributed by atoms with Crippen LogP contribution >= 0.6 is 0 Å². The first-order chi connectivity index (χ1) is 12.8. The first kappa shape index (κ1) is 22.2. The minimum absolute atomic E-state index is 0.245. The van der Waals surface area contributed by atoms with E-state index in [2.05, 4.69) is 18.5 Å². The van der Waals surface area contributed by atoms with Gasteiger partial charge in [0, 0.05) is 12.8 Å². The molecule has 0 saturated carbocycles. The van der Waals surface area contributed by atoms with E-state index in [4.69, 9.17) is 9.88 Å². The molecule has 0 heterocycles.